The Morgan fingerprint density at radius 2 is 2.03 bits per heavy atom. The van der Waals surface area contributed by atoms with Crippen LogP contribution in [0.25, 0.3) is 16.9 Å². The summed E-state index contributed by atoms with van der Waals surface area (Å²) in [6.07, 6.45) is 0.520. The van der Waals surface area contributed by atoms with Gasteiger partial charge in [0, 0.05) is 11.3 Å². The average Bonchev–Trinajstić information content (AvgIpc) is 3.20. The molecule has 3 N–H and O–H groups in total. The van der Waals surface area contributed by atoms with Crippen LogP contribution in [-0.2, 0) is 0 Å². The fourth-order valence-electron chi connectivity index (χ4n) is 3.26. The molecule has 1 unspecified atom stereocenters. The number of pyridine rings is 1. The number of rotatable bonds is 7. The molecule has 3 aromatic heterocycles. The summed E-state index contributed by atoms with van der Waals surface area (Å²) in [5.41, 5.74) is 4.00. The number of aliphatic hydroxyl groups is 2. The molecule has 32 heavy (non-hydrogen) atoms. The molecule has 0 aliphatic heterocycles. The van der Waals surface area contributed by atoms with Crippen LogP contribution in [0, 0.1) is 13.8 Å². The maximum atomic E-state index is 12.9. The molecular formula is C23H23N5O4. The topological polar surface area (TPSA) is 122 Å². The van der Waals surface area contributed by atoms with Gasteiger partial charge in [-0.05, 0) is 55.8 Å². The largest absolute Gasteiger partial charge is 0.491 e. The number of ether oxygens (including phenoxy) is 1. The molecule has 164 valence electrons. The zero-order valence-electron chi connectivity index (χ0n) is 17.7. The number of hydrogen-bond donors (Lipinski definition) is 3. The van der Waals surface area contributed by atoms with Crippen molar-refractivity contribution in [3.8, 4) is 17.0 Å². The standard InChI is InChI=1S/C23H23N5O4/c1-14-8-15(2)25-21(9-14)26-23(31)20-11-24-22-7-6-19(27-28(20)22)16-4-3-5-18(10-16)32-13-17(30)12-29/h3-11,17,29-30H,12-13H2,1-2H3,(H,25,26,31). The van der Waals surface area contributed by atoms with Crippen LogP contribution in [0.3, 0.4) is 0 Å². The summed E-state index contributed by atoms with van der Waals surface area (Å²) < 4.78 is 7.00. The molecule has 9 nitrogen and oxygen atoms in total. The highest BCUT2D eigenvalue weighted by Crippen LogP contribution is 2.23. The Bertz CT molecular complexity index is 1250. The van der Waals surface area contributed by atoms with Crippen LogP contribution in [0.4, 0.5) is 5.82 Å². The zero-order chi connectivity index (χ0) is 22.7. The molecule has 0 saturated carbocycles. The summed E-state index contributed by atoms with van der Waals surface area (Å²) in [6.45, 7) is 3.41. The van der Waals surface area contributed by atoms with E-state index in [0.29, 0.717) is 22.9 Å². The average molecular weight is 433 g/mol. The smallest absolute Gasteiger partial charge is 0.277 e. The predicted molar refractivity (Wildman–Crippen MR) is 119 cm³/mol. The predicted octanol–water partition coefficient (Wildman–Crippen LogP) is 2.39. The number of nitrogens with zero attached hydrogens (tertiary/aromatic N) is 4. The van der Waals surface area contributed by atoms with Gasteiger partial charge in [0.15, 0.2) is 11.3 Å². The summed E-state index contributed by atoms with van der Waals surface area (Å²) in [4.78, 5) is 21.5. The number of fused-ring (bicyclic) bond motifs is 1. The summed E-state index contributed by atoms with van der Waals surface area (Å²) >= 11 is 0. The molecule has 4 aromatic rings. The Balaban J connectivity index is 1.61. The molecule has 4 rings (SSSR count). The number of imidazole rings is 1. The lowest BCUT2D eigenvalue weighted by molar-refractivity contribution is 0.0536. The molecular weight excluding hydrogens is 410 g/mol. The lowest BCUT2D eigenvalue weighted by atomic mass is 10.1. The van der Waals surface area contributed by atoms with Gasteiger partial charge in [-0.15, -0.1) is 0 Å². The molecule has 0 aliphatic carbocycles. The van der Waals surface area contributed by atoms with Crippen molar-refractivity contribution >= 4 is 17.4 Å². The van der Waals surface area contributed by atoms with Crippen molar-refractivity contribution in [3.63, 3.8) is 0 Å². The monoisotopic (exact) mass is 433 g/mol. The number of carbonyl (C=O) groups is 1. The summed E-state index contributed by atoms with van der Waals surface area (Å²) in [7, 11) is 0. The van der Waals surface area contributed by atoms with Crippen molar-refractivity contribution in [1.29, 1.82) is 0 Å². The summed E-state index contributed by atoms with van der Waals surface area (Å²) in [5.74, 6) is 0.629. The first-order valence-corrected chi connectivity index (χ1v) is 10.1. The molecule has 3 heterocycles. The van der Waals surface area contributed by atoms with Gasteiger partial charge in [0.05, 0.1) is 18.5 Å². The Kier molecular flexibility index (Phi) is 6.11. The minimum absolute atomic E-state index is 0.0231. The SMILES string of the molecule is Cc1cc(C)nc(NC(=O)c2cnc3ccc(-c4cccc(OCC(O)CO)c4)nn23)c1. The van der Waals surface area contributed by atoms with Crippen molar-refractivity contribution in [3.05, 3.63) is 71.7 Å². The van der Waals surface area contributed by atoms with E-state index in [1.165, 1.54) is 10.7 Å². The second-order valence-corrected chi connectivity index (χ2v) is 7.43. The number of benzene rings is 1. The van der Waals surface area contributed by atoms with E-state index in [9.17, 15) is 9.90 Å². The van der Waals surface area contributed by atoms with E-state index in [0.717, 1.165) is 16.8 Å². The van der Waals surface area contributed by atoms with E-state index in [4.69, 9.17) is 9.84 Å². The number of hydrogen-bond acceptors (Lipinski definition) is 7. The molecule has 9 heteroatoms. The number of nitrogens with one attached hydrogen (secondary N) is 1. The fraction of sp³-hybridized carbons (Fsp3) is 0.217. The lowest BCUT2D eigenvalue weighted by Gasteiger charge is -2.11. The maximum Gasteiger partial charge on any atom is 0.277 e. The molecule has 0 bridgehead atoms. The van der Waals surface area contributed by atoms with Crippen molar-refractivity contribution < 1.29 is 19.7 Å². The highest BCUT2D eigenvalue weighted by Gasteiger charge is 2.15. The minimum atomic E-state index is -0.952. The maximum absolute atomic E-state index is 12.9. The number of carbonyl (C=O) groups excluding carboxylic acids is 1. The molecule has 0 radical (unpaired) electrons. The minimum Gasteiger partial charge on any atom is -0.491 e. The number of aliphatic hydroxyl groups excluding tert-OH is 2. The molecule has 0 spiro atoms. The third-order valence-corrected chi connectivity index (χ3v) is 4.72. The van der Waals surface area contributed by atoms with Crippen molar-refractivity contribution in [1.82, 2.24) is 19.6 Å². The molecule has 0 fully saturated rings. The van der Waals surface area contributed by atoms with Gasteiger partial charge in [-0.25, -0.2) is 14.5 Å². The van der Waals surface area contributed by atoms with Crippen LogP contribution < -0.4 is 10.1 Å². The number of aromatic nitrogens is 4. The number of aryl methyl sites for hydroxylation is 2. The molecule has 1 atom stereocenters. The highest BCUT2D eigenvalue weighted by molar-refractivity contribution is 6.02. The highest BCUT2D eigenvalue weighted by atomic mass is 16.5. The van der Waals surface area contributed by atoms with E-state index in [-0.39, 0.29) is 24.8 Å². The van der Waals surface area contributed by atoms with Crippen LogP contribution in [0.15, 0.2) is 54.7 Å². The van der Waals surface area contributed by atoms with Crippen LogP contribution >= 0.6 is 0 Å². The van der Waals surface area contributed by atoms with Crippen LogP contribution in [0.1, 0.15) is 21.7 Å². The Hall–Kier alpha value is -3.82. The van der Waals surface area contributed by atoms with Gasteiger partial charge in [0.25, 0.3) is 5.91 Å². The normalized spacial score (nSPS) is 12.0. The van der Waals surface area contributed by atoms with Crippen molar-refractivity contribution in [2.24, 2.45) is 0 Å². The quantitative estimate of drug-likeness (QED) is 0.409. The Labute approximate surface area is 184 Å². The van der Waals surface area contributed by atoms with Crippen LogP contribution in [-0.4, -0.2) is 55.0 Å². The first-order valence-electron chi connectivity index (χ1n) is 10.1. The molecule has 1 aromatic carbocycles. The fourth-order valence-corrected chi connectivity index (χ4v) is 3.26. The van der Waals surface area contributed by atoms with Crippen LogP contribution in [0.2, 0.25) is 0 Å². The molecule has 0 saturated heterocycles. The van der Waals surface area contributed by atoms with E-state index in [1.807, 2.05) is 26.0 Å². The van der Waals surface area contributed by atoms with Crippen molar-refractivity contribution in [2.45, 2.75) is 20.0 Å². The second kappa shape index (κ2) is 9.13. The summed E-state index contributed by atoms with van der Waals surface area (Å²) in [6, 6.07) is 14.5. The molecule has 1 amide bonds. The molecule has 0 aliphatic rings. The number of amides is 1. The van der Waals surface area contributed by atoms with Gasteiger partial charge in [-0.2, -0.15) is 5.10 Å². The summed E-state index contributed by atoms with van der Waals surface area (Å²) in [5, 5.41) is 25.8. The lowest BCUT2D eigenvalue weighted by Crippen LogP contribution is -2.21. The van der Waals surface area contributed by atoms with Crippen LogP contribution in [0.5, 0.6) is 5.75 Å². The Morgan fingerprint density at radius 3 is 2.81 bits per heavy atom. The van der Waals surface area contributed by atoms with Gasteiger partial charge in [0.2, 0.25) is 0 Å². The first-order chi connectivity index (χ1) is 15.4. The first kappa shape index (κ1) is 21.4. The zero-order valence-corrected chi connectivity index (χ0v) is 17.7. The van der Waals surface area contributed by atoms with Gasteiger partial charge in [-0.3, -0.25) is 4.79 Å². The van der Waals surface area contributed by atoms with E-state index in [2.05, 4.69) is 20.4 Å². The van der Waals surface area contributed by atoms with Gasteiger partial charge in [-0.1, -0.05) is 12.1 Å². The van der Waals surface area contributed by atoms with E-state index >= 15 is 0 Å². The Morgan fingerprint density at radius 1 is 1.19 bits per heavy atom. The van der Waals surface area contributed by atoms with E-state index in [1.54, 1.807) is 36.4 Å². The third kappa shape index (κ3) is 4.74. The van der Waals surface area contributed by atoms with Gasteiger partial charge >= 0.3 is 0 Å². The number of anilines is 1. The van der Waals surface area contributed by atoms with Crippen molar-refractivity contribution in [2.75, 3.05) is 18.5 Å². The van der Waals surface area contributed by atoms with Gasteiger partial charge in [0.1, 0.15) is 24.3 Å². The van der Waals surface area contributed by atoms with E-state index < -0.39 is 6.10 Å². The van der Waals surface area contributed by atoms with Gasteiger partial charge < -0.3 is 20.3 Å². The second-order valence-electron chi connectivity index (χ2n) is 7.43. The third-order valence-electron chi connectivity index (χ3n) is 4.72.